The van der Waals surface area contributed by atoms with Gasteiger partial charge in [-0.15, -0.1) is 5.11 Å². The number of oxime groups is 1. The third-order valence-electron chi connectivity index (χ3n) is 7.94. The lowest BCUT2D eigenvalue weighted by Crippen LogP contribution is -2.26. The number of carbonyl (C=O) groups excluding carboxylic acids is 1. The van der Waals surface area contributed by atoms with Gasteiger partial charge >= 0.3 is 0 Å². The van der Waals surface area contributed by atoms with E-state index in [0.29, 0.717) is 80.6 Å². The molecule has 0 aliphatic carbocycles. The molecule has 2 unspecified atom stereocenters. The summed E-state index contributed by atoms with van der Waals surface area (Å²) in [6, 6.07) is 17.7. The number of anilines is 1. The van der Waals surface area contributed by atoms with Crippen LogP contribution in [0, 0.1) is 10.1 Å². The van der Waals surface area contributed by atoms with Crippen molar-refractivity contribution in [3.63, 3.8) is 0 Å². The van der Waals surface area contributed by atoms with E-state index in [-0.39, 0.29) is 37.8 Å². The summed E-state index contributed by atoms with van der Waals surface area (Å²) in [7, 11) is -4.46. The number of carbonyl (C=O) groups is 1. The van der Waals surface area contributed by atoms with Gasteiger partial charge in [-0.1, -0.05) is 30.3 Å². The summed E-state index contributed by atoms with van der Waals surface area (Å²) in [5, 5.41) is 37.0. The smallest absolute Gasteiger partial charge is 0.277 e. The number of aliphatic hydroxyl groups is 1. The van der Waals surface area contributed by atoms with Crippen LogP contribution in [0.25, 0.3) is 10.8 Å². The average molecular weight is 758 g/mol. The maximum absolute atomic E-state index is 12.2. The number of nitro benzene ring substituents is 1. The Labute approximate surface area is 309 Å². The summed E-state index contributed by atoms with van der Waals surface area (Å²) in [5.74, 6) is -0.0771. The first-order valence-corrected chi connectivity index (χ1v) is 19.2. The number of phosphoric acid groups is 1. The molecule has 3 aromatic rings. The van der Waals surface area contributed by atoms with Gasteiger partial charge in [0, 0.05) is 49.9 Å². The van der Waals surface area contributed by atoms with Gasteiger partial charge in [-0.2, -0.15) is 5.11 Å². The predicted molar refractivity (Wildman–Crippen MR) is 201 cm³/mol. The highest BCUT2D eigenvalue weighted by molar-refractivity contribution is 7.45. The molecule has 17 heteroatoms. The molecule has 3 rings (SSSR count). The van der Waals surface area contributed by atoms with Crippen LogP contribution >= 0.6 is 7.82 Å². The monoisotopic (exact) mass is 757 g/mol. The highest BCUT2D eigenvalue weighted by Gasteiger charge is 2.17. The van der Waals surface area contributed by atoms with Crippen LogP contribution in [0.4, 0.5) is 22.7 Å². The number of phosphoric ester groups is 1. The Bertz CT molecular complexity index is 1690. The number of non-ortho nitro benzene ring substituents is 1. The van der Waals surface area contributed by atoms with Crippen LogP contribution in [-0.4, -0.2) is 80.4 Å². The van der Waals surface area contributed by atoms with Crippen molar-refractivity contribution in [2.45, 2.75) is 65.4 Å². The van der Waals surface area contributed by atoms with E-state index >= 15 is 0 Å². The Balaban J connectivity index is 1.30. The second-order valence-corrected chi connectivity index (χ2v) is 13.4. The first-order valence-electron chi connectivity index (χ1n) is 17.7. The minimum Gasteiger partial charge on any atom is -0.756 e. The van der Waals surface area contributed by atoms with E-state index in [2.05, 4.69) is 30.1 Å². The van der Waals surface area contributed by atoms with E-state index in [9.17, 15) is 24.4 Å². The number of benzene rings is 3. The Morgan fingerprint density at radius 3 is 2.43 bits per heavy atom. The third kappa shape index (κ3) is 15.7. The van der Waals surface area contributed by atoms with Crippen molar-refractivity contribution in [2.75, 3.05) is 57.6 Å². The minimum absolute atomic E-state index is 0.0265. The molecule has 0 heterocycles. The Kier molecular flexibility index (Phi) is 19.0. The summed E-state index contributed by atoms with van der Waals surface area (Å²) < 4.78 is 27.0. The number of nitro groups is 1. The number of likely N-dealkylation sites (N-methyl/N-ethyl adjacent to an activating group) is 1. The van der Waals surface area contributed by atoms with E-state index < -0.39 is 18.8 Å². The zero-order chi connectivity index (χ0) is 38.5. The molecule has 0 fully saturated rings. The average Bonchev–Trinajstić information content (AvgIpc) is 3.15. The van der Waals surface area contributed by atoms with Crippen LogP contribution in [0.1, 0.15) is 59.3 Å². The summed E-state index contributed by atoms with van der Waals surface area (Å²) in [4.78, 5) is 42.7. The number of azo groups is 1. The first-order chi connectivity index (χ1) is 25.6. The molecule has 0 aromatic heterocycles. The van der Waals surface area contributed by atoms with E-state index in [1.807, 2.05) is 44.2 Å². The number of nitrogens with zero attached hydrogens (tertiary/aromatic N) is 5. The summed E-state index contributed by atoms with van der Waals surface area (Å²) in [6.45, 7) is 7.94. The van der Waals surface area contributed by atoms with Gasteiger partial charge in [0.05, 0.1) is 53.3 Å². The second-order valence-electron chi connectivity index (χ2n) is 12.0. The van der Waals surface area contributed by atoms with Crippen molar-refractivity contribution in [2.24, 2.45) is 15.4 Å². The van der Waals surface area contributed by atoms with Gasteiger partial charge < -0.3 is 38.8 Å². The van der Waals surface area contributed by atoms with Crippen molar-refractivity contribution < 1.29 is 42.9 Å². The van der Waals surface area contributed by atoms with E-state index in [1.54, 1.807) is 31.2 Å². The number of amides is 1. The molecule has 1 amide bonds. The Hall–Kier alpha value is -4.31. The molecule has 290 valence electrons. The zero-order valence-electron chi connectivity index (χ0n) is 30.6. The standard InChI is InChI=1S/C36H51N6O10P/c1-4-31(52-53(47,48)51-25-10-23-43)27-49-24-9-21-37-36(44)14-8-11-28(3)40-50-26-22-41(5-2)30-17-15-29(16-18-30)38-39-34-19-20-35(42(45)46)33-13-7-6-12-32(33)34/h6-7,12-13,15-20,31,43H,4-5,8-11,14,21-27H2,1-3H3,(H,37,44)(H,47,48)/p-1/b39-38?,40-28+. The van der Waals surface area contributed by atoms with Crippen molar-refractivity contribution in [3.8, 4) is 0 Å². The maximum atomic E-state index is 12.2. The number of hydrogen-bond acceptors (Lipinski definition) is 14. The van der Waals surface area contributed by atoms with Gasteiger partial charge in [0.2, 0.25) is 5.91 Å². The quantitative estimate of drug-likeness (QED) is 0.0219. The van der Waals surface area contributed by atoms with E-state index in [4.69, 9.17) is 19.2 Å². The molecule has 0 spiro atoms. The predicted octanol–water partition coefficient (Wildman–Crippen LogP) is 6.74. The molecule has 0 radical (unpaired) electrons. The van der Waals surface area contributed by atoms with Crippen LogP contribution in [0.2, 0.25) is 0 Å². The summed E-state index contributed by atoms with van der Waals surface area (Å²) in [5.41, 5.74) is 3.00. The molecule has 0 saturated carbocycles. The molecular formula is C36H50N6O10P-. The van der Waals surface area contributed by atoms with Crippen LogP contribution < -0.4 is 15.1 Å². The lowest BCUT2D eigenvalue weighted by Gasteiger charge is -2.27. The molecule has 0 saturated heterocycles. The Morgan fingerprint density at radius 2 is 1.74 bits per heavy atom. The minimum atomic E-state index is -4.46. The first kappa shape index (κ1) is 43.1. The zero-order valence-corrected chi connectivity index (χ0v) is 31.4. The Morgan fingerprint density at radius 1 is 0.981 bits per heavy atom. The van der Waals surface area contributed by atoms with Crippen molar-refractivity contribution in [1.29, 1.82) is 0 Å². The largest absolute Gasteiger partial charge is 0.756 e. The molecular weight excluding hydrogens is 707 g/mol. The highest BCUT2D eigenvalue weighted by atomic mass is 31.2. The van der Waals surface area contributed by atoms with Crippen LogP contribution in [-0.2, 0) is 28.0 Å². The van der Waals surface area contributed by atoms with Crippen LogP contribution in [0.5, 0.6) is 0 Å². The van der Waals surface area contributed by atoms with Crippen molar-refractivity contribution in [3.05, 3.63) is 70.8 Å². The lowest BCUT2D eigenvalue weighted by atomic mass is 10.1. The molecule has 16 nitrogen and oxygen atoms in total. The molecule has 0 aliphatic heterocycles. The topological polar surface area (TPSA) is 210 Å². The fraction of sp³-hybridized carbons (Fsp3) is 0.500. The molecule has 2 N–H and O–H groups in total. The molecule has 0 aliphatic rings. The van der Waals surface area contributed by atoms with Crippen LogP contribution in [0.3, 0.4) is 0 Å². The molecule has 0 bridgehead atoms. The molecule has 2 atom stereocenters. The number of rotatable bonds is 26. The fourth-order valence-corrected chi connectivity index (χ4v) is 6.05. The highest BCUT2D eigenvalue weighted by Crippen LogP contribution is 2.40. The van der Waals surface area contributed by atoms with Gasteiger partial charge in [0.1, 0.15) is 6.61 Å². The van der Waals surface area contributed by atoms with Gasteiger partial charge in [0.25, 0.3) is 13.5 Å². The fourth-order valence-electron chi connectivity index (χ4n) is 5.06. The summed E-state index contributed by atoms with van der Waals surface area (Å²) in [6.07, 6.45) is 2.08. The normalized spacial score (nSPS) is 13.6. The van der Waals surface area contributed by atoms with Gasteiger partial charge in [-0.05, 0) is 82.3 Å². The van der Waals surface area contributed by atoms with Crippen molar-refractivity contribution >= 4 is 53.0 Å². The maximum Gasteiger partial charge on any atom is 0.277 e. The number of hydrogen-bond donors (Lipinski definition) is 2. The SMILES string of the molecule is CCC(COCCCNC(=O)CCC/C(C)=N/OCCN(CC)c1ccc(N=Nc2ccc([N+](=O)[O-])c3ccccc23)cc1)OP(=O)([O-])OCCCO. The molecule has 3 aromatic carbocycles. The van der Waals surface area contributed by atoms with Gasteiger partial charge in [-0.25, -0.2) is 0 Å². The van der Waals surface area contributed by atoms with Crippen LogP contribution in [0.15, 0.2) is 76.0 Å². The number of aliphatic hydroxyl groups excluding tert-OH is 1. The summed E-state index contributed by atoms with van der Waals surface area (Å²) >= 11 is 0. The molecule has 53 heavy (non-hydrogen) atoms. The second kappa shape index (κ2) is 23.4. The number of nitrogens with one attached hydrogen (secondary N) is 1. The lowest BCUT2D eigenvalue weighted by molar-refractivity contribution is -0.383. The van der Waals surface area contributed by atoms with Crippen molar-refractivity contribution in [1.82, 2.24) is 5.32 Å². The number of fused-ring (bicyclic) bond motifs is 1. The number of ether oxygens (including phenoxy) is 1. The third-order valence-corrected chi connectivity index (χ3v) is 8.99. The van der Waals surface area contributed by atoms with Gasteiger partial charge in [0.15, 0.2) is 0 Å². The van der Waals surface area contributed by atoms with E-state index in [0.717, 1.165) is 17.9 Å². The van der Waals surface area contributed by atoms with Gasteiger partial charge in [-0.3, -0.25) is 19.5 Å². The van der Waals surface area contributed by atoms with E-state index in [1.165, 1.54) is 6.07 Å².